The molecule has 0 radical (unpaired) electrons. The molecule has 0 fully saturated rings. The first-order valence-electron chi connectivity index (χ1n) is 11.5. The molecule has 10 heteroatoms. The van der Waals surface area contributed by atoms with Gasteiger partial charge in [-0.3, -0.25) is 0 Å². The maximum absolute atomic E-state index is 10.2. The molecule has 4 aromatic carbocycles. The number of hydrogen-bond donors (Lipinski definition) is 6. The SMILES string of the molecule is O=C(O)c1ccccc1.O=C(O)c1ccccc1.O=C(O)c1ccccc1.O=C(O)c1ccccc1.OCCO. The van der Waals surface area contributed by atoms with Gasteiger partial charge < -0.3 is 30.6 Å². The maximum atomic E-state index is 10.2. The van der Waals surface area contributed by atoms with Crippen LogP contribution in [0.5, 0.6) is 0 Å². The van der Waals surface area contributed by atoms with Gasteiger partial charge in [0.2, 0.25) is 0 Å². The van der Waals surface area contributed by atoms with Crippen molar-refractivity contribution in [2.75, 3.05) is 13.2 Å². The van der Waals surface area contributed by atoms with E-state index < -0.39 is 23.9 Å². The third kappa shape index (κ3) is 17.2. The Morgan fingerprint density at radius 2 is 0.500 bits per heavy atom. The molecular formula is C30H30O10. The average molecular weight is 551 g/mol. The van der Waals surface area contributed by atoms with E-state index >= 15 is 0 Å². The number of aliphatic hydroxyl groups excluding tert-OH is 2. The molecule has 6 N–H and O–H groups in total. The summed E-state index contributed by atoms with van der Waals surface area (Å²) >= 11 is 0. The van der Waals surface area contributed by atoms with Crippen LogP contribution >= 0.6 is 0 Å². The van der Waals surface area contributed by atoms with Gasteiger partial charge in [-0.2, -0.15) is 0 Å². The van der Waals surface area contributed by atoms with Gasteiger partial charge in [-0.15, -0.1) is 0 Å². The Morgan fingerprint density at radius 3 is 0.575 bits per heavy atom. The fraction of sp³-hybridized carbons (Fsp3) is 0.0667. The second kappa shape index (κ2) is 21.7. The van der Waals surface area contributed by atoms with E-state index in [0.29, 0.717) is 22.3 Å². The Bertz CT molecular complexity index is 1050. The van der Waals surface area contributed by atoms with Crippen LogP contribution in [-0.2, 0) is 0 Å². The fourth-order valence-electron chi connectivity index (χ4n) is 2.32. The van der Waals surface area contributed by atoms with Crippen molar-refractivity contribution in [2.24, 2.45) is 0 Å². The van der Waals surface area contributed by atoms with E-state index in [0.717, 1.165) is 0 Å². The number of benzene rings is 4. The van der Waals surface area contributed by atoms with Gasteiger partial charge in [0.25, 0.3) is 0 Å². The van der Waals surface area contributed by atoms with Crippen molar-refractivity contribution in [3.05, 3.63) is 144 Å². The first kappa shape index (κ1) is 34.7. The Labute approximate surface area is 230 Å². The smallest absolute Gasteiger partial charge is 0.335 e. The van der Waals surface area contributed by atoms with Crippen LogP contribution in [0.4, 0.5) is 0 Å². The molecule has 0 amide bonds. The number of carboxylic acids is 4. The molecule has 0 unspecified atom stereocenters. The molecule has 210 valence electrons. The third-order valence-electron chi connectivity index (χ3n) is 4.18. The van der Waals surface area contributed by atoms with Crippen LogP contribution in [0.2, 0.25) is 0 Å². The molecule has 10 nitrogen and oxygen atoms in total. The van der Waals surface area contributed by atoms with Gasteiger partial charge in [0, 0.05) is 0 Å². The lowest BCUT2D eigenvalue weighted by Gasteiger charge is -1.88. The first-order valence-corrected chi connectivity index (χ1v) is 11.5. The van der Waals surface area contributed by atoms with Gasteiger partial charge in [0.15, 0.2) is 0 Å². The maximum Gasteiger partial charge on any atom is 0.335 e. The van der Waals surface area contributed by atoms with E-state index in [4.69, 9.17) is 30.6 Å². The standard InChI is InChI=1S/4C7H6O2.C2H6O2/c4*8-7(9)6-4-2-1-3-5-6;3-1-2-4/h4*1-5H,(H,8,9);3-4H,1-2H2. The molecule has 40 heavy (non-hydrogen) atoms. The van der Waals surface area contributed by atoms with Crippen LogP contribution in [0.15, 0.2) is 121 Å². The van der Waals surface area contributed by atoms with E-state index in [-0.39, 0.29) is 13.2 Å². The van der Waals surface area contributed by atoms with Crippen molar-refractivity contribution in [1.82, 2.24) is 0 Å². The summed E-state index contributed by atoms with van der Waals surface area (Å²) in [7, 11) is 0. The minimum Gasteiger partial charge on any atom is -0.478 e. The van der Waals surface area contributed by atoms with Crippen LogP contribution in [-0.4, -0.2) is 67.7 Å². The number of aliphatic hydroxyl groups is 2. The predicted molar refractivity (Wildman–Crippen MR) is 148 cm³/mol. The molecule has 0 spiro atoms. The highest BCUT2D eigenvalue weighted by Gasteiger charge is 1.98. The van der Waals surface area contributed by atoms with Crippen LogP contribution in [0.25, 0.3) is 0 Å². The van der Waals surface area contributed by atoms with Gasteiger partial charge in [-0.05, 0) is 48.5 Å². The summed E-state index contributed by atoms with van der Waals surface area (Å²) in [6.45, 7) is -0.250. The van der Waals surface area contributed by atoms with Gasteiger partial charge >= 0.3 is 23.9 Å². The molecule has 0 heterocycles. The van der Waals surface area contributed by atoms with Crippen molar-refractivity contribution in [3.8, 4) is 0 Å². The lowest BCUT2D eigenvalue weighted by atomic mass is 10.2. The number of rotatable bonds is 5. The minimum absolute atomic E-state index is 0.125. The summed E-state index contributed by atoms with van der Waals surface area (Å²) in [4.78, 5) is 40.8. The number of aromatic carboxylic acids is 4. The van der Waals surface area contributed by atoms with E-state index in [1.165, 1.54) is 0 Å². The van der Waals surface area contributed by atoms with E-state index in [1.54, 1.807) is 121 Å². The summed E-state index contributed by atoms with van der Waals surface area (Å²) in [5, 5.41) is 48.8. The summed E-state index contributed by atoms with van der Waals surface area (Å²) in [6, 6.07) is 33.2. The lowest BCUT2D eigenvalue weighted by Crippen LogP contribution is -1.93. The highest BCUT2D eigenvalue weighted by Crippen LogP contribution is 1.98. The quantitative estimate of drug-likeness (QED) is 0.206. The molecule has 0 saturated carbocycles. The Kier molecular flexibility index (Phi) is 18.8. The molecule has 4 aromatic rings. The highest BCUT2D eigenvalue weighted by molar-refractivity contribution is 5.88. The van der Waals surface area contributed by atoms with Gasteiger partial charge in [-0.25, -0.2) is 19.2 Å². The molecule has 0 aliphatic heterocycles. The molecular weight excluding hydrogens is 520 g/mol. The monoisotopic (exact) mass is 550 g/mol. The fourth-order valence-corrected chi connectivity index (χ4v) is 2.32. The third-order valence-corrected chi connectivity index (χ3v) is 4.18. The Hall–Kier alpha value is -5.32. The van der Waals surface area contributed by atoms with E-state index in [1.807, 2.05) is 0 Å². The van der Waals surface area contributed by atoms with Gasteiger partial charge in [0.1, 0.15) is 0 Å². The first-order chi connectivity index (χ1) is 19.1. The zero-order chi connectivity index (χ0) is 30.2. The van der Waals surface area contributed by atoms with Gasteiger partial charge in [-0.1, -0.05) is 72.8 Å². The Morgan fingerprint density at radius 1 is 0.350 bits per heavy atom. The molecule has 0 aromatic heterocycles. The normalized spacial score (nSPS) is 8.75. The van der Waals surface area contributed by atoms with E-state index in [2.05, 4.69) is 0 Å². The topological polar surface area (TPSA) is 190 Å². The van der Waals surface area contributed by atoms with Crippen LogP contribution in [0, 0.1) is 0 Å². The van der Waals surface area contributed by atoms with Crippen LogP contribution in [0.1, 0.15) is 41.4 Å². The van der Waals surface area contributed by atoms with Crippen molar-refractivity contribution in [3.63, 3.8) is 0 Å². The second-order valence-electron chi connectivity index (χ2n) is 7.13. The molecule has 0 atom stereocenters. The number of carbonyl (C=O) groups is 4. The van der Waals surface area contributed by atoms with Crippen LogP contribution < -0.4 is 0 Å². The largest absolute Gasteiger partial charge is 0.478 e. The van der Waals surface area contributed by atoms with Crippen molar-refractivity contribution >= 4 is 23.9 Å². The summed E-state index contributed by atoms with van der Waals surface area (Å²) < 4.78 is 0. The average Bonchev–Trinajstić information content (AvgIpc) is 3.00. The molecule has 4 rings (SSSR count). The summed E-state index contributed by atoms with van der Waals surface area (Å²) in [6.07, 6.45) is 0. The summed E-state index contributed by atoms with van der Waals surface area (Å²) in [5.74, 6) is -3.52. The molecule has 0 aliphatic carbocycles. The van der Waals surface area contributed by atoms with Crippen molar-refractivity contribution < 1.29 is 49.8 Å². The minimum atomic E-state index is -0.879. The molecule has 0 saturated heterocycles. The van der Waals surface area contributed by atoms with Crippen molar-refractivity contribution in [2.45, 2.75) is 0 Å². The van der Waals surface area contributed by atoms with Crippen molar-refractivity contribution in [1.29, 1.82) is 0 Å². The van der Waals surface area contributed by atoms with E-state index in [9.17, 15) is 19.2 Å². The predicted octanol–water partition coefficient (Wildman–Crippen LogP) is 4.51. The lowest BCUT2D eigenvalue weighted by molar-refractivity contribution is 0.0686. The zero-order valence-electron chi connectivity index (χ0n) is 21.3. The zero-order valence-corrected chi connectivity index (χ0v) is 21.3. The second-order valence-corrected chi connectivity index (χ2v) is 7.13. The highest BCUT2D eigenvalue weighted by atomic mass is 16.4. The number of carboxylic acid groups (broad SMARTS) is 4. The summed E-state index contributed by atoms with van der Waals surface area (Å²) in [5.41, 5.74) is 1.32. The molecule has 0 aliphatic rings. The number of hydrogen-bond acceptors (Lipinski definition) is 6. The van der Waals surface area contributed by atoms with Crippen LogP contribution in [0.3, 0.4) is 0 Å². The van der Waals surface area contributed by atoms with Gasteiger partial charge in [0.05, 0.1) is 35.5 Å². The Balaban J connectivity index is 0.000000485. The molecule has 0 bridgehead atoms.